The van der Waals surface area contributed by atoms with Crippen molar-refractivity contribution >= 4 is 23.0 Å². The largest absolute Gasteiger partial charge is 0.493 e. The molecule has 0 aliphatic heterocycles. The Morgan fingerprint density at radius 1 is 0.815 bits per heavy atom. The molecule has 0 spiro atoms. The predicted octanol–water partition coefficient (Wildman–Crippen LogP) is 4.38. The van der Waals surface area contributed by atoms with Gasteiger partial charge in [-0.2, -0.15) is 0 Å². The van der Waals surface area contributed by atoms with Crippen molar-refractivity contribution in [2.75, 3.05) is 31.5 Å². The first-order valence-electron chi connectivity index (χ1n) is 8.53. The first-order chi connectivity index (χ1) is 13.2. The van der Waals surface area contributed by atoms with Crippen LogP contribution in [0.1, 0.15) is 6.92 Å². The van der Waals surface area contributed by atoms with Gasteiger partial charge in [-0.3, -0.25) is 0 Å². The summed E-state index contributed by atoms with van der Waals surface area (Å²) >= 11 is 0. The number of anilines is 4. The number of rotatable bonds is 8. The lowest BCUT2D eigenvalue weighted by atomic mass is 10.2. The second-order valence-corrected chi connectivity index (χ2v) is 5.54. The monoisotopic (exact) mass is 366 g/mol. The molecule has 0 amide bonds. The number of para-hydroxylation sites is 2. The number of aromatic nitrogens is 2. The van der Waals surface area contributed by atoms with Crippen LogP contribution in [0.5, 0.6) is 17.2 Å². The summed E-state index contributed by atoms with van der Waals surface area (Å²) < 4.78 is 16.2. The highest BCUT2D eigenvalue weighted by molar-refractivity contribution is 5.67. The van der Waals surface area contributed by atoms with Crippen LogP contribution < -0.4 is 24.8 Å². The maximum absolute atomic E-state index is 5.64. The molecule has 27 heavy (non-hydrogen) atoms. The third-order valence-electron chi connectivity index (χ3n) is 3.77. The van der Waals surface area contributed by atoms with Gasteiger partial charge in [0.05, 0.1) is 26.5 Å². The summed E-state index contributed by atoms with van der Waals surface area (Å²) in [5.74, 6) is 3.38. The molecular formula is C20H22N4O3. The zero-order valence-corrected chi connectivity index (χ0v) is 15.5. The molecule has 3 rings (SSSR count). The first-order valence-corrected chi connectivity index (χ1v) is 8.53. The molecular weight excluding hydrogens is 344 g/mol. The molecule has 0 atom stereocenters. The van der Waals surface area contributed by atoms with Crippen LogP contribution in [0.3, 0.4) is 0 Å². The number of hydrogen-bond acceptors (Lipinski definition) is 7. The molecule has 0 aliphatic rings. The second kappa shape index (κ2) is 8.75. The molecule has 2 N–H and O–H groups in total. The Balaban J connectivity index is 1.78. The summed E-state index contributed by atoms with van der Waals surface area (Å²) in [6, 6.07) is 15.1. The Morgan fingerprint density at radius 2 is 1.56 bits per heavy atom. The van der Waals surface area contributed by atoms with E-state index in [2.05, 4.69) is 20.6 Å². The molecule has 1 heterocycles. The fourth-order valence-electron chi connectivity index (χ4n) is 2.55. The van der Waals surface area contributed by atoms with E-state index >= 15 is 0 Å². The van der Waals surface area contributed by atoms with Gasteiger partial charge in [0.25, 0.3) is 0 Å². The van der Waals surface area contributed by atoms with Gasteiger partial charge in [-0.25, -0.2) is 9.97 Å². The van der Waals surface area contributed by atoms with Crippen molar-refractivity contribution in [1.29, 1.82) is 0 Å². The third-order valence-corrected chi connectivity index (χ3v) is 3.77. The third kappa shape index (κ3) is 4.58. The van der Waals surface area contributed by atoms with Gasteiger partial charge < -0.3 is 24.8 Å². The summed E-state index contributed by atoms with van der Waals surface area (Å²) in [6.45, 7) is 2.54. The normalized spacial score (nSPS) is 10.2. The highest BCUT2D eigenvalue weighted by Gasteiger charge is 2.07. The average molecular weight is 366 g/mol. The van der Waals surface area contributed by atoms with Crippen LogP contribution in [0.2, 0.25) is 0 Å². The Labute approximate surface area is 158 Å². The fraction of sp³-hybridized carbons (Fsp3) is 0.200. The molecule has 140 valence electrons. The number of nitrogens with one attached hydrogen (secondary N) is 2. The van der Waals surface area contributed by atoms with Gasteiger partial charge >= 0.3 is 0 Å². The van der Waals surface area contributed by atoms with Crippen molar-refractivity contribution < 1.29 is 14.2 Å². The zero-order chi connectivity index (χ0) is 19.1. The lowest BCUT2D eigenvalue weighted by molar-refractivity contribution is 0.342. The van der Waals surface area contributed by atoms with E-state index in [9.17, 15) is 0 Å². The van der Waals surface area contributed by atoms with Gasteiger partial charge in [-0.15, -0.1) is 0 Å². The molecule has 0 aliphatic carbocycles. The van der Waals surface area contributed by atoms with Gasteiger partial charge in [0.15, 0.2) is 11.5 Å². The topological polar surface area (TPSA) is 77.5 Å². The Hall–Kier alpha value is -3.48. The Bertz CT molecular complexity index is 902. The molecule has 1 aromatic heterocycles. The van der Waals surface area contributed by atoms with E-state index in [-0.39, 0.29) is 0 Å². The van der Waals surface area contributed by atoms with Crippen LogP contribution in [0.4, 0.5) is 23.0 Å². The highest BCUT2D eigenvalue weighted by atomic mass is 16.5. The summed E-state index contributed by atoms with van der Waals surface area (Å²) in [6.07, 6.45) is 1.49. The summed E-state index contributed by atoms with van der Waals surface area (Å²) in [4.78, 5) is 8.54. The van der Waals surface area contributed by atoms with E-state index in [0.717, 1.165) is 17.1 Å². The van der Waals surface area contributed by atoms with Gasteiger partial charge in [-0.1, -0.05) is 12.1 Å². The minimum absolute atomic E-state index is 0.592. The fourth-order valence-corrected chi connectivity index (χ4v) is 2.55. The van der Waals surface area contributed by atoms with Crippen molar-refractivity contribution in [3.63, 3.8) is 0 Å². The van der Waals surface area contributed by atoms with Crippen molar-refractivity contribution in [3.8, 4) is 17.2 Å². The summed E-state index contributed by atoms with van der Waals surface area (Å²) in [7, 11) is 3.21. The molecule has 0 radical (unpaired) electrons. The van der Waals surface area contributed by atoms with Crippen molar-refractivity contribution in [2.45, 2.75) is 6.92 Å². The van der Waals surface area contributed by atoms with Gasteiger partial charge in [-0.05, 0) is 31.2 Å². The minimum atomic E-state index is 0.592. The van der Waals surface area contributed by atoms with Crippen LogP contribution in [-0.4, -0.2) is 30.8 Å². The maximum Gasteiger partial charge on any atom is 0.162 e. The lowest BCUT2D eigenvalue weighted by Crippen LogP contribution is -2.01. The molecule has 2 aromatic carbocycles. The second-order valence-electron chi connectivity index (χ2n) is 5.54. The molecule has 7 nitrogen and oxygen atoms in total. The van der Waals surface area contributed by atoms with Crippen molar-refractivity contribution in [2.24, 2.45) is 0 Å². The van der Waals surface area contributed by atoms with Crippen molar-refractivity contribution in [1.82, 2.24) is 9.97 Å². The predicted molar refractivity (Wildman–Crippen MR) is 106 cm³/mol. The van der Waals surface area contributed by atoms with Crippen molar-refractivity contribution in [3.05, 3.63) is 54.9 Å². The van der Waals surface area contributed by atoms with Gasteiger partial charge in [0, 0.05) is 17.8 Å². The SMILES string of the molecule is CCOc1ccccc1Nc1cc(Nc2ccc(OC)c(OC)c2)ncn1. The molecule has 0 bridgehead atoms. The number of hydrogen-bond donors (Lipinski definition) is 2. The van der Waals surface area contributed by atoms with Gasteiger partial charge in [0.1, 0.15) is 23.7 Å². The van der Waals surface area contributed by atoms with Crippen LogP contribution in [0.25, 0.3) is 0 Å². The van der Waals surface area contributed by atoms with E-state index in [1.54, 1.807) is 14.2 Å². The first kappa shape index (κ1) is 18.3. The summed E-state index contributed by atoms with van der Waals surface area (Å²) in [5, 5.41) is 6.50. The van der Waals surface area contributed by atoms with Gasteiger partial charge in [0.2, 0.25) is 0 Å². The number of methoxy groups -OCH3 is 2. The van der Waals surface area contributed by atoms with E-state index in [0.29, 0.717) is 29.7 Å². The zero-order valence-electron chi connectivity index (χ0n) is 15.5. The number of benzene rings is 2. The number of nitrogens with zero attached hydrogens (tertiary/aromatic N) is 2. The standard InChI is InChI=1S/C20H22N4O3/c1-4-27-16-8-6-5-7-15(16)24-20-12-19(21-13-22-20)23-14-9-10-17(25-2)18(11-14)26-3/h5-13H,4H2,1-3H3,(H2,21,22,23,24). The molecule has 3 aromatic rings. The molecule has 7 heteroatoms. The quantitative estimate of drug-likeness (QED) is 0.612. The average Bonchev–Trinajstić information content (AvgIpc) is 2.70. The van der Waals surface area contributed by atoms with Crippen LogP contribution in [-0.2, 0) is 0 Å². The highest BCUT2D eigenvalue weighted by Crippen LogP contribution is 2.31. The Morgan fingerprint density at radius 3 is 2.30 bits per heavy atom. The van der Waals surface area contributed by atoms with Crippen LogP contribution in [0.15, 0.2) is 54.9 Å². The lowest BCUT2D eigenvalue weighted by Gasteiger charge is -2.13. The van der Waals surface area contributed by atoms with E-state index < -0.39 is 0 Å². The molecule has 0 unspecified atom stereocenters. The number of ether oxygens (including phenoxy) is 3. The van der Waals surface area contributed by atoms with E-state index in [1.807, 2.05) is 55.5 Å². The van der Waals surface area contributed by atoms with E-state index in [1.165, 1.54) is 6.33 Å². The molecule has 0 saturated heterocycles. The van der Waals surface area contributed by atoms with Crippen LogP contribution in [0, 0.1) is 0 Å². The van der Waals surface area contributed by atoms with E-state index in [4.69, 9.17) is 14.2 Å². The summed E-state index contributed by atoms with van der Waals surface area (Å²) in [5.41, 5.74) is 1.67. The molecule has 0 saturated carbocycles. The molecule has 0 fully saturated rings. The van der Waals surface area contributed by atoms with Crippen LogP contribution >= 0.6 is 0 Å². The smallest absolute Gasteiger partial charge is 0.162 e. The maximum atomic E-state index is 5.64. The Kier molecular flexibility index (Phi) is 5.94. The minimum Gasteiger partial charge on any atom is -0.493 e.